The predicted octanol–water partition coefficient (Wildman–Crippen LogP) is 2.95. The van der Waals surface area contributed by atoms with Gasteiger partial charge in [-0.3, -0.25) is 4.79 Å². The van der Waals surface area contributed by atoms with Gasteiger partial charge in [-0.2, -0.15) is 0 Å². The first-order valence-corrected chi connectivity index (χ1v) is 9.49. The first kappa shape index (κ1) is 18.0. The molecule has 1 N–H and O–H groups in total. The fourth-order valence-electron chi connectivity index (χ4n) is 2.23. The third-order valence-electron chi connectivity index (χ3n) is 3.32. The van der Waals surface area contributed by atoms with Gasteiger partial charge in [-0.25, -0.2) is 8.42 Å². The number of benzene rings is 2. The van der Waals surface area contributed by atoms with Crippen molar-refractivity contribution in [1.29, 1.82) is 0 Å². The van der Waals surface area contributed by atoms with E-state index in [4.69, 9.17) is 4.74 Å². The minimum absolute atomic E-state index is 0.159. The zero-order valence-electron chi connectivity index (χ0n) is 13.8. The van der Waals surface area contributed by atoms with Crippen molar-refractivity contribution in [2.75, 3.05) is 17.7 Å². The van der Waals surface area contributed by atoms with Crippen LogP contribution in [0.5, 0.6) is 5.75 Å². The number of amides is 1. The SMILES string of the molecule is CCOc1ccccc1NC(=O)CS(=O)(=O)Cc1ccc(C)cc1. The van der Waals surface area contributed by atoms with Crippen LogP contribution in [0, 0.1) is 6.92 Å². The summed E-state index contributed by atoms with van der Waals surface area (Å²) >= 11 is 0. The highest BCUT2D eigenvalue weighted by Crippen LogP contribution is 2.23. The number of carbonyl (C=O) groups excluding carboxylic acids is 1. The van der Waals surface area contributed by atoms with E-state index in [1.807, 2.05) is 26.0 Å². The van der Waals surface area contributed by atoms with Crippen molar-refractivity contribution in [2.24, 2.45) is 0 Å². The van der Waals surface area contributed by atoms with Crippen LogP contribution in [0.15, 0.2) is 48.5 Å². The highest BCUT2D eigenvalue weighted by Gasteiger charge is 2.18. The van der Waals surface area contributed by atoms with Crippen molar-refractivity contribution in [2.45, 2.75) is 19.6 Å². The van der Waals surface area contributed by atoms with Crippen LogP contribution < -0.4 is 10.1 Å². The molecule has 0 bridgehead atoms. The van der Waals surface area contributed by atoms with Gasteiger partial charge in [0.25, 0.3) is 0 Å². The fourth-order valence-corrected chi connectivity index (χ4v) is 3.50. The predicted molar refractivity (Wildman–Crippen MR) is 94.9 cm³/mol. The maximum atomic E-state index is 12.2. The van der Waals surface area contributed by atoms with Gasteiger partial charge in [-0.1, -0.05) is 42.0 Å². The van der Waals surface area contributed by atoms with Gasteiger partial charge in [-0.05, 0) is 31.5 Å². The molecule has 0 aliphatic heterocycles. The third kappa shape index (κ3) is 5.38. The Morgan fingerprint density at radius 2 is 1.75 bits per heavy atom. The lowest BCUT2D eigenvalue weighted by atomic mass is 10.2. The lowest BCUT2D eigenvalue weighted by Gasteiger charge is -2.11. The van der Waals surface area contributed by atoms with Gasteiger partial charge in [0.1, 0.15) is 11.5 Å². The number of hydrogen-bond acceptors (Lipinski definition) is 4. The lowest BCUT2D eigenvalue weighted by Crippen LogP contribution is -2.24. The molecule has 2 rings (SSSR count). The second-order valence-corrected chi connectivity index (χ2v) is 7.56. The van der Waals surface area contributed by atoms with Crippen LogP contribution in [0.3, 0.4) is 0 Å². The van der Waals surface area contributed by atoms with Crippen LogP contribution in [0.25, 0.3) is 0 Å². The number of para-hydroxylation sites is 2. The quantitative estimate of drug-likeness (QED) is 0.836. The monoisotopic (exact) mass is 347 g/mol. The van der Waals surface area contributed by atoms with E-state index in [2.05, 4.69) is 5.32 Å². The van der Waals surface area contributed by atoms with Gasteiger partial charge in [-0.15, -0.1) is 0 Å². The van der Waals surface area contributed by atoms with Gasteiger partial charge in [0.05, 0.1) is 18.0 Å². The Bertz CT molecular complexity index is 798. The molecule has 2 aromatic carbocycles. The summed E-state index contributed by atoms with van der Waals surface area (Å²) < 4.78 is 29.8. The second-order valence-electron chi connectivity index (χ2n) is 5.50. The van der Waals surface area contributed by atoms with Gasteiger partial charge in [0.2, 0.25) is 5.91 Å². The Morgan fingerprint density at radius 1 is 1.08 bits per heavy atom. The molecule has 1 amide bonds. The smallest absolute Gasteiger partial charge is 0.239 e. The van der Waals surface area contributed by atoms with Crippen LogP contribution in [-0.2, 0) is 20.4 Å². The number of carbonyl (C=O) groups is 1. The maximum Gasteiger partial charge on any atom is 0.239 e. The highest BCUT2D eigenvalue weighted by atomic mass is 32.2. The molecule has 0 heterocycles. The first-order valence-electron chi connectivity index (χ1n) is 7.67. The maximum absolute atomic E-state index is 12.2. The Morgan fingerprint density at radius 3 is 2.42 bits per heavy atom. The minimum atomic E-state index is -3.54. The molecule has 0 aliphatic rings. The van der Waals surface area contributed by atoms with Crippen LogP contribution in [0.2, 0.25) is 0 Å². The Balaban J connectivity index is 2.02. The van der Waals surface area contributed by atoms with E-state index in [1.165, 1.54) is 0 Å². The molecule has 5 nitrogen and oxygen atoms in total. The molecule has 128 valence electrons. The van der Waals surface area contributed by atoms with Crippen molar-refractivity contribution in [1.82, 2.24) is 0 Å². The Labute approximate surface area is 142 Å². The van der Waals surface area contributed by atoms with E-state index >= 15 is 0 Å². The number of sulfone groups is 1. The van der Waals surface area contributed by atoms with Gasteiger partial charge >= 0.3 is 0 Å². The summed E-state index contributed by atoms with van der Waals surface area (Å²) in [6.45, 7) is 4.23. The van der Waals surface area contributed by atoms with Gasteiger partial charge in [0.15, 0.2) is 9.84 Å². The van der Waals surface area contributed by atoms with Gasteiger partial charge < -0.3 is 10.1 Å². The summed E-state index contributed by atoms with van der Waals surface area (Å²) in [5.74, 6) is -0.784. The standard InChI is InChI=1S/C18H21NO4S/c1-3-23-17-7-5-4-6-16(17)19-18(20)13-24(21,22)12-15-10-8-14(2)9-11-15/h4-11H,3,12-13H2,1-2H3,(H,19,20). The molecule has 0 saturated carbocycles. The normalized spacial score (nSPS) is 11.1. The molecule has 0 aromatic heterocycles. The third-order valence-corrected chi connectivity index (χ3v) is 4.79. The van der Waals surface area contributed by atoms with Crippen LogP contribution in [0.1, 0.15) is 18.1 Å². The number of aryl methyl sites for hydroxylation is 1. The average Bonchev–Trinajstić information content (AvgIpc) is 2.51. The summed E-state index contributed by atoms with van der Waals surface area (Å²) in [6, 6.07) is 14.2. The van der Waals surface area contributed by atoms with E-state index in [1.54, 1.807) is 36.4 Å². The van der Waals surface area contributed by atoms with Crippen molar-refractivity contribution in [3.05, 3.63) is 59.7 Å². The summed E-state index contributed by atoms with van der Waals surface area (Å²) in [5.41, 5.74) is 2.19. The number of hydrogen-bond donors (Lipinski definition) is 1. The number of rotatable bonds is 7. The van der Waals surface area contributed by atoms with E-state index in [0.29, 0.717) is 23.6 Å². The molecule has 0 aliphatic carbocycles. The molecule has 0 radical (unpaired) electrons. The summed E-state index contributed by atoms with van der Waals surface area (Å²) in [6.07, 6.45) is 0. The van der Waals surface area contributed by atoms with Crippen molar-refractivity contribution in [3.63, 3.8) is 0 Å². The molecule has 2 aromatic rings. The lowest BCUT2D eigenvalue weighted by molar-refractivity contribution is -0.113. The van der Waals surface area contributed by atoms with Crippen LogP contribution >= 0.6 is 0 Å². The molecule has 0 saturated heterocycles. The van der Waals surface area contributed by atoms with E-state index < -0.39 is 21.5 Å². The Hall–Kier alpha value is -2.34. The molecular formula is C18H21NO4S. The highest BCUT2D eigenvalue weighted by molar-refractivity contribution is 7.91. The zero-order chi connectivity index (χ0) is 17.6. The Kier molecular flexibility index (Phi) is 5.98. The second kappa shape index (κ2) is 7.97. The number of anilines is 1. The first-order chi connectivity index (χ1) is 11.4. The molecule has 24 heavy (non-hydrogen) atoms. The average molecular weight is 347 g/mol. The van der Waals surface area contributed by atoms with Crippen molar-refractivity contribution < 1.29 is 17.9 Å². The number of ether oxygens (including phenoxy) is 1. The molecule has 0 unspecified atom stereocenters. The molecule has 0 fully saturated rings. The van der Waals surface area contributed by atoms with E-state index in [0.717, 1.165) is 5.56 Å². The van der Waals surface area contributed by atoms with Crippen molar-refractivity contribution >= 4 is 21.4 Å². The molecular weight excluding hydrogens is 326 g/mol. The topological polar surface area (TPSA) is 72.5 Å². The molecule has 0 atom stereocenters. The van der Waals surface area contributed by atoms with Crippen molar-refractivity contribution in [3.8, 4) is 5.75 Å². The summed E-state index contributed by atoms with van der Waals surface area (Å²) in [4.78, 5) is 12.1. The van der Waals surface area contributed by atoms with E-state index in [-0.39, 0.29) is 5.75 Å². The van der Waals surface area contributed by atoms with Crippen LogP contribution in [-0.4, -0.2) is 26.7 Å². The number of nitrogens with one attached hydrogen (secondary N) is 1. The largest absolute Gasteiger partial charge is 0.492 e. The van der Waals surface area contributed by atoms with Gasteiger partial charge in [0, 0.05) is 0 Å². The summed E-state index contributed by atoms with van der Waals surface area (Å²) in [7, 11) is -3.54. The van der Waals surface area contributed by atoms with Crippen LogP contribution in [0.4, 0.5) is 5.69 Å². The van der Waals surface area contributed by atoms with E-state index in [9.17, 15) is 13.2 Å². The zero-order valence-corrected chi connectivity index (χ0v) is 14.6. The molecule has 0 spiro atoms. The molecule has 6 heteroatoms. The minimum Gasteiger partial charge on any atom is -0.492 e. The summed E-state index contributed by atoms with van der Waals surface area (Å²) in [5, 5.41) is 2.60. The fraction of sp³-hybridized carbons (Fsp3) is 0.278.